The van der Waals surface area contributed by atoms with E-state index < -0.39 is 70.1 Å². The third-order valence-corrected chi connectivity index (χ3v) is 10.4. The number of thioether (sulfide) groups is 1. The van der Waals surface area contributed by atoms with Gasteiger partial charge in [0.15, 0.2) is 11.4 Å². The van der Waals surface area contributed by atoms with E-state index in [-0.39, 0.29) is 16.9 Å². The quantitative estimate of drug-likeness (QED) is 0.142. The van der Waals surface area contributed by atoms with Crippen molar-refractivity contribution in [3.05, 3.63) is 46.2 Å². The van der Waals surface area contributed by atoms with Gasteiger partial charge in [-0.1, -0.05) is 64.0 Å². The Balaban J connectivity index is 1.69. The van der Waals surface area contributed by atoms with E-state index in [9.17, 15) is 39.9 Å². The molecule has 3 aliphatic rings. The molecule has 1 fully saturated rings. The van der Waals surface area contributed by atoms with Crippen LogP contribution < -0.4 is 5.73 Å². The van der Waals surface area contributed by atoms with Crippen molar-refractivity contribution in [1.29, 1.82) is 0 Å². The molecule has 11 heteroatoms. The Labute approximate surface area is 256 Å². The van der Waals surface area contributed by atoms with Crippen LogP contribution >= 0.6 is 11.8 Å². The Morgan fingerprint density at radius 1 is 1.02 bits per heavy atom. The lowest BCUT2D eigenvalue weighted by Crippen LogP contribution is -2.70. The molecule has 43 heavy (non-hydrogen) atoms. The van der Waals surface area contributed by atoms with Crippen LogP contribution in [0.3, 0.4) is 0 Å². The number of rotatable bonds is 13. The van der Waals surface area contributed by atoms with Gasteiger partial charge in [-0.05, 0) is 37.9 Å². The van der Waals surface area contributed by atoms with Crippen LogP contribution in [0, 0.1) is 11.8 Å². The molecule has 0 aromatic heterocycles. The molecular weight excluding hydrogens is 572 g/mol. The fourth-order valence-electron chi connectivity index (χ4n) is 7.14. The van der Waals surface area contributed by atoms with E-state index in [1.807, 2.05) is 0 Å². The standard InChI is InChI=1S/C32H44N2O8S/c1-4-5-6-7-8-9-10-11-15-43-16-18-17-13-12-14-19(35)20(17)26(36)22-21(18)27(37)24-25(34(2)3)28(38)23(31(33)41)30(40)32(24,42)29(22)39/h12-14,18,21,24-25,27,35-37,40,42H,4-11,15-16H2,1-3H3,(H2,33,41)/t18-,21?,24?,25-,27-,32-/m0/s1. The molecule has 0 spiro atoms. The number of phenolic OH excluding ortho intramolecular Hbond substituents is 1. The van der Waals surface area contributed by atoms with Crippen LogP contribution in [0.2, 0.25) is 0 Å². The first-order chi connectivity index (χ1) is 20.4. The van der Waals surface area contributed by atoms with Crippen LogP contribution in [0.4, 0.5) is 0 Å². The molecule has 0 radical (unpaired) electrons. The maximum Gasteiger partial charge on any atom is 0.255 e. The zero-order valence-electron chi connectivity index (χ0n) is 25.1. The smallest absolute Gasteiger partial charge is 0.255 e. The van der Waals surface area contributed by atoms with Crippen molar-refractivity contribution in [2.75, 3.05) is 25.6 Å². The maximum atomic E-state index is 14.2. The summed E-state index contributed by atoms with van der Waals surface area (Å²) in [6.07, 6.45) is 7.83. The maximum absolute atomic E-state index is 14.2. The number of likely N-dealkylation sites (N-methyl/N-ethyl adjacent to an activating group) is 1. The number of nitrogens with zero attached hydrogens (tertiary/aromatic N) is 1. The number of Topliss-reactive ketones (excluding diaryl/α,β-unsaturated/α-hetero) is 2. The average molecular weight is 617 g/mol. The number of nitrogens with two attached hydrogens (primary N) is 1. The van der Waals surface area contributed by atoms with Gasteiger partial charge in [0, 0.05) is 23.2 Å². The zero-order chi connectivity index (χ0) is 31.6. The SMILES string of the molecule is CCCCCCCCCCSC[C@H]1c2cccc(O)c2C(O)=C2C(=O)[C@]3(O)C(O)=C(C(N)=O)C(=O)[C@@H](N(C)C)C3[C@@H](O)C21. The van der Waals surface area contributed by atoms with Gasteiger partial charge in [0.2, 0.25) is 5.78 Å². The highest BCUT2D eigenvalue weighted by atomic mass is 32.2. The largest absolute Gasteiger partial charge is 0.508 e. The molecule has 7 N–H and O–H groups in total. The summed E-state index contributed by atoms with van der Waals surface area (Å²) in [6.45, 7) is 2.20. The molecule has 3 aliphatic carbocycles. The summed E-state index contributed by atoms with van der Waals surface area (Å²) < 4.78 is 0. The molecule has 1 aromatic rings. The zero-order valence-corrected chi connectivity index (χ0v) is 25.9. The number of primary amides is 1. The van der Waals surface area contributed by atoms with Crippen LogP contribution in [-0.2, 0) is 14.4 Å². The van der Waals surface area contributed by atoms with Gasteiger partial charge < -0.3 is 31.3 Å². The molecule has 1 saturated carbocycles. The Morgan fingerprint density at radius 3 is 2.26 bits per heavy atom. The number of aromatic hydroxyl groups is 1. The number of benzene rings is 1. The number of carbonyl (C=O) groups excluding carboxylic acids is 3. The summed E-state index contributed by atoms with van der Waals surface area (Å²) in [5.41, 5.74) is 1.74. The first-order valence-corrected chi connectivity index (χ1v) is 16.3. The van der Waals surface area contributed by atoms with Gasteiger partial charge in [-0.3, -0.25) is 19.3 Å². The molecule has 1 aromatic carbocycles. The Hall–Kier alpha value is -2.86. The number of amides is 1. The summed E-state index contributed by atoms with van der Waals surface area (Å²) in [6, 6.07) is 3.34. The second-order valence-electron chi connectivity index (χ2n) is 12.2. The highest BCUT2D eigenvalue weighted by Gasteiger charge is 2.68. The van der Waals surface area contributed by atoms with Gasteiger partial charge in [-0.15, -0.1) is 0 Å². The summed E-state index contributed by atoms with van der Waals surface area (Å²) >= 11 is 1.63. The normalized spacial score (nSPS) is 28.7. The summed E-state index contributed by atoms with van der Waals surface area (Å²) in [5, 5.41) is 57.0. The third-order valence-electron chi connectivity index (χ3n) is 9.24. The minimum atomic E-state index is -2.91. The average Bonchev–Trinajstić information content (AvgIpc) is 2.94. The molecule has 6 atom stereocenters. The number of aliphatic hydroxyl groups excluding tert-OH is 3. The van der Waals surface area contributed by atoms with E-state index in [0.717, 1.165) is 25.0 Å². The predicted molar refractivity (Wildman–Crippen MR) is 165 cm³/mol. The number of fused-ring (bicyclic) bond motifs is 3. The Morgan fingerprint density at radius 2 is 1.65 bits per heavy atom. The lowest BCUT2D eigenvalue weighted by atomic mass is 9.54. The monoisotopic (exact) mass is 616 g/mol. The van der Waals surface area contributed by atoms with E-state index in [4.69, 9.17) is 5.73 Å². The fourth-order valence-corrected chi connectivity index (χ4v) is 8.36. The van der Waals surface area contributed by atoms with Crippen LogP contribution in [0.25, 0.3) is 5.76 Å². The lowest BCUT2D eigenvalue weighted by Gasteiger charge is -2.54. The number of hydrogen-bond donors (Lipinski definition) is 6. The molecule has 1 amide bonds. The van der Waals surface area contributed by atoms with Gasteiger partial charge in [0.25, 0.3) is 5.91 Å². The van der Waals surface area contributed by atoms with Crippen LogP contribution in [0.15, 0.2) is 35.1 Å². The van der Waals surface area contributed by atoms with E-state index >= 15 is 0 Å². The Kier molecular flexibility index (Phi) is 10.3. The minimum absolute atomic E-state index is 0.0173. The fraction of sp³-hybridized carbons (Fsp3) is 0.594. The minimum Gasteiger partial charge on any atom is -0.508 e. The second-order valence-corrected chi connectivity index (χ2v) is 13.3. The van der Waals surface area contributed by atoms with Crippen molar-refractivity contribution in [3.63, 3.8) is 0 Å². The van der Waals surface area contributed by atoms with E-state index in [1.54, 1.807) is 23.9 Å². The highest BCUT2D eigenvalue weighted by molar-refractivity contribution is 7.99. The number of aliphatic hydroxyl groups is 4. The van der Waals surface area contributed by atoms with Gasteiger partial charge in [-0.25, -0.2) is 0 Å². The molecule has 0 bridgehead atoms. The van der Waals surface area contributed by atoms with Gasteiger partial charge in [-0.2, -0.15) is 11.8 Å². The summed E-state index contributed by atoms with van der Waals surface area (Å²) in [4.78, 5) is 41.2. The van der Waals surface area contributed by atoms with Crippen LogP contribution in [-0.4, -0.2) is 91.3 Å². The number of phenols is 1. The van der Waals surface area contributed by atoms with Crippen molar-refractivity contribution >= 4 is 35.0 Å². The van der Waals surface area contributed by atoms with Crippen molar-refractivity contribution in [2.24, 2.45) is 17.6 Å². The van der Waals surface area contributed by atoms with Crippen LogP contribution in [0.5, 0.6) is 5.75 Å². The number of carbonyl (C=O) groups is 3. The second kappa shape index (κ2) is 13.4. The van der Waals surface area contributed by atoms with Crippen molar-refractivity contribution in [2.45, 2.75) is 82.0 Å². The molecule has 0 saturated heterocycles. The predicted octanol–water partition coefficient (Wildman–Crippen LogP) is 3.35. The number of unbranched alkanes of at least 4 members (excludes halogenated alkanes) is 7. The Bertz CT molecular complexity index is 1320. The van der Waals surface area contributed by atoms with Gasteiger partial charge >= 0.3 is 0 Å². The van der Waals surface area contributed by atoms with Crippen molar-refractivity contribution in [1.82, 2.24) is 4.90 Å². The summed E-state index contributed by atoms with van der Waals surface area (Å²) in [5.74, 6) is -7.46. The first kappa shape index (κ1) is 33.0. The summed E-state index contributed by atoms with van der Waals surface area (Å²) in [7, 11) is 2.99. The third kappa shape index (κ3) is 5.72. The highest BCUT2D eigenvalue weighted by Crippen LogP contribution is 2.56. The molecule has 0 aliphatic heterocycles. The van der Waals surface area contributed by atoms with E-state index in [0.29, 0.717) is 11.3 Å². The van der Waals surface area contributed by atoms with Crippen molar-refractivity contribution in [3.8, 4) is 5.75 Å². The molecule has 2 unspecified atom stereocenters. The number of ketones is 2. The topological polar surface area (TPSA) is 182 Å². The van der Waals surface area contributed by atoms with E-state index in [2.05, 4.69) is 6.92 Å². The molecule has 236 valence electrons. The molecule has 0 heterocycles. The molecular formula is C32H44N2O8S. The van der Waals surface area contributed by atoms with Gasteiger partial charge in [0.05, 0.1) is 23.6 Å². The molecule has 10 nitrogen and oxygen atoms in total. The van der Waals surface area contributed by atoms with Gasteiger partial charge in [0.1, 0.15) is 22.8 Å². The number of hydrogen-bond acceptors (Lipinski definition) is 10. The van der Waals surface area contributed by atoms with E-state index in [1.165, 1.54) is 57.2 Å². The lowest BCUT2D eigenvalue weighted by molar-refractivity contribution is -0.169. The first-order valence-electron chi connectivity index (χ1n) is 15.1. The van der Waals surface area contributed by atoms with Crippen molar-refractivity contribution < 1.29 is 39.9 Å². The molecule has 4 rings (SSSR count). The van der Waals surface area contributed by atoms with Crippen LogP contribution in [0.1, 0.15) is 75.3 Å².